The Bertz CT molecular complexity index is 650. The number of hydrogen-bond donors (Lipinski definition) is 3. The van der Waals surface area contributed by atoms with E-state index in [4.69, 9.17) is 0 Å². The lowest BCUT2D eigenvalue weighted by Gasteiger charge is -2.20. The molecule has 2 aromatic rings. The maximum atomic E-state index is 12.3. The first-order valence-electron chi connectivity index (χ1n) is 6.62. The Morgan fingerprint density at radius 2 is 2.35 bits per heavy atom. The number of aromatic hydroxyl groups is 1. The minimum Gasteiger partial charge on any atom is -0.504 e. The standard InChI is InChI=1S/C14H16N4O2/c1-8-2-5-12(19)13(16-8)17-14(20)9-3-4-10-7-15-18-11(10)6-9/h2,5,7,9,19H,3-4,6H2,1H3,(H,15,18)(H,16,17,20). The van der Waals surface area contributed by atoms with Gasteiger partial charge in [0.2, 0.25) is 5.91 Å². The monoisotopic (exact) mass is 272 g/mol. The molecule has 3 rings (SSSR count). The van der Waals surface area contributed by atoms with Gasteiger partial charge in [-0.15, -0.1) is 0 Å². The lowest BCUT2D eigenvalue weighted by molar-refractivity contribution is -0.120. The minimum atomic E-state index is -0.121. The van der Waals surface area contributed by atoms with Crippen LogP contribution in [0.2, 0.25) is 0 Å². The lowest BCUT2D eigenvalue weighted by Crippen LogP contribution is -2.28. The van der Waals surface area contributed by atoms with Crippen LogP contribution < -0.4 is 5.32 Å². The molecule has 0 saturated heterocycles. The maximum absolute atomic E-state index is 12.3. The summed E-state index contributed by atoms with van der Waals surface area (Å²) in [5.41, 5.74) is 2.96. The number of fused-ring (bicyclic) bond motifs is 1. The Labute approximate surface area is 116 Å². The molecule has 1 aliphatic carbocycles. The topological polar surface area (TPSA) is 90.9 Å². The zero-order valence-corrected chi connectivity index (χ0v) is 11.2. The summed E-state index contributed by atoms with van der Waals surface area (Å²) in [6.07, 6.45) is 4.09. The van der Waals surface area contributed by atoms with Crippen molar-refractivity contribution in [2.24, 2.45) is 5.92 Å². The van der Waals surface area contributed by atoms with Gasteiger partial charge in [-0.05, 0) is 37.5 Å². The van der Waals surface area contributed by atoms with Gasteiger partial charge < -0.3 is 10.4 Å². The number of nitrogens with one attached hydrogen (secondary N) is 2. The van der Waals surface area contributed by atoms with Crippen LogP contribution in [0.15, 0.2) is 18.3 Å². The third-order valence-corrected chi connectivity index (χ3v) is 3.65. The Hall–Kier alpha value is -2.37. The molecule has 3 N–H and O–H groups in total. The third-order valence-electron chi connectivity index (χ3n) is 3.65. The van der Waals surface area contributed by atoms with E-state index in [1.807, 2.05) is 13.1 Å². The Balaban J connectivity index is 1.73. The Morgan fingerprint density at radius 1 is 1.50 bits per heavy atom. The maximum Gasteiger partial charge on any atom is 0.229 e. The van der Waals surface area contributed by atoms with Crippen molar-refractivity contribution < 1.29 is 9.90 Å². The third kappa shape index (κ3) is 2.36. The number of carbonyl (C=O) groups is 1. The predicted molar refractivity (Wildman–Crippen MR) is 73.4 cm³/mol. The number of aromatic nitrogens is 3. The molecule has 0 saturated carbocycles. The highest BCUT2D eigenvalue weighted by Crippen LogP contribution is 2.26. The van der Waals surface area contributed by atoms with Crippen LogP contribution in [-0.2, 0) is 17.6 Å². The zero-order chi connectivity index (χ0) is 14.1. The highest BCUT2D eigenvalue weighted by Gasteiger charge is 2.26. The summed E-state index contributed by atoms with van der Waals surface area (Å²) in [6.45, 7) is 1.81. The molecule has 6 heteroatoms. The van der Waals surface area contributed by atoms with E-state index < -0.39 is 0 Å². The number of hydrogen-bond acceptors (Lipinski definition) is 4. The van der Waals surface area contributed by atoms with E-state index >= 15 is 0 Å². The Morgan fingerprint density at radius 3 is 3.20 bits per heavy atom. The number of anilines is 1. The van der Waals surface area contributed by atoms with Gasteiger partial charge >= 0.3 is 0 Å². The van der Waals surface area contributed by atoms with Crippen molar-refractivity contribution >= 4 is 11.7 Å². The molecule has 0 bridgehead atoms. The van der Waals surface area contributed by atoms with Gasteiger partial charge in [0.1, 0.15) is 0 Å². The second-order valence-corrected chi connectivity index (χ2v) is 5.12. The molecular formula is C14H16N4O2. The normalized spacial score (nSPS) is 17.6. The van der Waals surface area contributed by atoms with Crippen LogP contribution in [0.5, 0.6) is 5.75 Å². The summed E-state index contributed by atoms with van der Waals surface area (Å²) in [6, 6.07) is 3.23. The molecule has 0 fully saturated rings. The van der Waals surface area contributed by atoms with Gasteiger partial charge in [-0.1, -0.05) is 0 Å². The predicted octanol–water partition coefficient (Wildman–Crippen LogP) is 1.56. The molecule has 104 valence electrons. The van der Waals surface area contributed by atoms with Gasteiger partial charge in [-0.2, -0.15) is 5.10 Å². The fourth-order valence-electron chi connectivity index (χ4n) is 2.49. The SMILES string of the molecule is Cc1ccc(O)c(NC(=O)C2CCc3cn[nH]c3C2)n1. The average Bonchev–Trinajstić information content (AvgIpc) is 2.90. The van der Waals surface area contributed by atoms with E-state index in [0.29, 0.717) is 6.42 Å². The number of rotatable bonds is 2. The lowest BCUT2D eigenvalue weighted by atomic mass is 9.87. The van der Waals surface area contributed by atoms with E-state index in [2.05, 4.69) is 20.5 Å². The van der Waals surface area contributed by atoms with Crippen LogP contribution in [0.3, 0.4) is 0 Å². The summed E-state index contributed by atoms with van der Waals surface area (Å²) in [5, 5.41) is 19.4. The molecule has 2 heterocycles. The minimum absolute atomic E-state index is 0.0120. The van der Waals surface area contributed by atoms with Gasteiger partial charge in [0.15, 0.2) is 11.6 Å². The average molecular weight is 272 g/mol. The Kier molecular flexibility index (Phi) is 3.14. The van der Waals surface area contributed by atoms with Crippen molar-refractivity contribution in [2.75, 3.05) is 5.32 Å². The van der Waals surface area contributed by atoms with Crippen molar-refractivity contribution in [3.63, 3.8) is 0 Å². The highest BCUT2D eigenvalue weighted by molar-refractivity contribution is 5.93. The van der Waals surface area contributed by atoms with Crippen molar-refractivity contribution in [2.45, 2.75) is 26.2 Å². The molecular weight excluding hydrogens is 256 g/mol. The summed E-state index contributed by atoms with van der Waals surface area (Å²) in [7, 11) is 0. The van der Waals surface area contributed by atoms with Crippen LogP contribution in [0.4, 0.5) is 5.82 Å². The highest BCUT2D eigenvalue weighted by atomic mass is 16.3. The quantitative estimate of drug-likeness (QED) is 0.773. The van der Waals surface area contributed by atoms with E-state index in [1.165, 1.54) is 11.6 Å². The summed E-state index contributed by atoms with van der Waals surface area (Å²) in [4.78, 5) is 16.4. The molecule has 1 aliphatic rings. The molecule has 0 spiro atoms. The summed E-state index contributed by atoms with van der Waals surface area (Å²) in [5.74, 6) is -0.0179. The van der Waals surface area contributed by atoms with Crippen molar-refractivity contribution in [3.05, 3.63) is 35.3 Å². The molecule has 0 aromatic carbocycles. The van der Waals surface area contributed by atoms with E-state index in [-0.39, 0.29) is 23.4 Å². The summed E-state index contributed by atoms with van der Waals surface area (Å²) < 4.78 is 0. The fourth-order valence-corrected chi connectivity index (χ4v) is 2.49. The number of aryl methyl sites for hydroxylation is 2. The van der Waals surface area contributed by atoms with Crippen LogP contribution in [0.25, 0.3) is 0 Å². The molecule has 0 radical (unpaired) electrons. The van der Waals surface area contributed by atoms with Gasteiger partial charge in [0.25, 0.3) is 0 Å². The van der Waals surface area contributed by atoms with Crippen molar-refractivity contribution in [3.8, 4) is 5.75 Å². The molecule has 1 amide bonds. The van der Waals surface area contributed by atoms with E-state index in [0.717, 1.165) is 24.2 Å². The van der Waals surface area contributed by atoms with Gasteiger partial charge in [-0.3, -0.25) is 9.89 Å². The second kappa shape index (κ2) is 4.96. The first-order valence-corrected chi connectivity index (χ1v) is 6.62. The van der Waals surface area contributed by atoms with Crippen molar-refractivity contribution in [1.29, 1.82) is 0 Å². The van der Waals surface area contributed by atoms with Crippen LogP contribution in [0.1, 0.15) is 23.4 Å². The van der Waals surface area contributed by atoms with E-state index in [1.54, 1.807) is 6.07 Å². The van der Waals surface area contributed by atoms with Crippen LogP contribution in [-0.4, -0.2) is 26.2 Å². The number of amides is 1. The number of nitrogens with zero attached hydrogens (tertiary/aromatic N) is 2. The summed E-state index contributed by atoms with van der Waals surface area (Å²) >= 11 is 0. The number of aromatic amines is 1. The van der Waals surface area contributed by atoms with Crippen LogP contribution in [0, 0.1) is 12.8 Å². The van der Waals surface area contributed by atoms with Crippen LogP contribution >= 0.6 is 0 Å². The zero-order valence-electron chi connectivity index (χ0n) is 11.2. The molecule has 1 atom stereocenters. The molecule has 1 unspecified atom stereocenters. The number of pyridine rings is 1. The van der Waals surface area contributed by atoms with Gasteiger partial charge in [0, 0.05) is 23.7 Å². The smallest absolute Gasteiger partial charge is 0.229 e. The first kappa shape index (κ1) is 12.7. The number of carbonyl (C=O) groups excluding carboxylic acids is 1. The molecule has 2 aromatic heterocycles. The molecule has 6 nitrogen and oxygen atoms in total. The van der Waals surface area contributed by atoms with Gasteiger partial charge in [0.05, 0.1) is 6.20 Å². The largest absolute Gasteiger partial charge is 0.504 e. The first-order chi connectivity index (χ1) is 9.63. The fraction of sp³-hybridized carbons (Fsp3) is 0.357. The number of H-pyrrole nitrogens is 1. The van der Waals surface area contributed by atoms with Gasteiger partial charge in [-0.25, -0.2) is 4.98 Å². The second-order valence-electron chi connectivity index (χ2n) is 5.12. The molecule has 0 aliphatic heterocycles. The van der Waals surface area contributed by atoms with Crippen molar-refractivity contribution in [1.82, 2.24) is 15.2 Å². The van der Waals surface area contributed by atoms with E-state index in [9.17, 15) is 9.90 Å². The molecule has 20 heavy (non-hydrogen) atoms.